The Morgan fingerprint density at radius 1 is 1.16 bits per heavy atom. The van der Waals surface area contributed by atoms with Crippen molar-refractivity contribution in [1.29, 1.82) is 0 Å². The number of carbonyl (C=O) groups excluding carboxylic acids is 3. The topological polar surface area (TPSA) is 114 Å². The van der Waals surface area contributed by atoms with E-state index in [4.69, 9.17) is 15.5 Å². The Morgan fingerprint density at radius 3 is 2.47 bits per heavy atom. The molecule has 1 saturated carbocycles. The summed E-state index contributed by atoms with van der Waals surface area (Å²) in [6.45, 7) is 6.68. The van der Waals surface area contributed by atoms with Gasteiger partial charge in [0.1, 0.15) is 0 Å². The van der Waals surface area contributed by atoms with Crippen LogP contribution in [0.1, 0.15) is 90.5 Å². The quantitative estimate of drug-likeness (QED) is 0.369. The summed E-state index contributed by atoms with van der Waals surface area (Å²) < 4.78 is 4.78. The van der Waals surface area contributed by atoms with E-state index in [0.29, 0.717) is 38.1 Å². The number of Topliss-reactive ketones (excluding diaryl/α,β-unsaturated/α-hetero) is 1. The highest BCUT2D eigenvalue weighted by molar-refractivity contribution is 6.07. The van der Waals surface area contributed by atoms with Crippen LogP contribution in [0, 0.1) is 17.8 Å². The van der Waals surface area contributed by atoms with E-state index < -0.39 is 17.7 Å². The SMILES string of the molecule is COC(=O)N[C@@H](CC1CCCCC1)C(=O)C[C@@H](C)CCCN1C(=O)[C@@](CC(C)C)(c2ccccc2)N=C1N. The van der Waals surface area contributed by atoms with Crippen molar-refractivity contribution in [3.05, 3.63) is 35.9 Å². The maximum Gasteiger partial charge on any atom is 0.407 e. The molecule has 1 fully saturated rings. The molecule has 2 aliphatic rings. The van der Waals surface area contributed by atoms with E-state index >= 15 is 0 Å². The lowest BCUT2D eigenvalue weighted by Gasteiger charge is -2.28. The van der Waals surface area contributed by atoms with Gasteiger partial charge < -0.3 is 15.8 Å². The van der Waals surface area contributed by atoms with Crippen molar-refractivity contribution in [2.45, 2.75) is 96.6 Å². The van der Waals surface area contributed by atoms with E-state index in [9.17, 15) is 14.4 Å². The average Bonchev–Trinajstić information content (AvgIpc) is 3.13. The zero-order chi connectivity index (χ0) is 27.7. The smallest absolute Gasteiger partial charge is 0.407 e. The zero-order valence-electron chi connectivity index (χ0n) is 23.6. The molecule has 0 bridgehead atoms. The summed E-state index contributed by atoms with van der Waals surface area (Å²) in [5, 5.41) is 2.78. The Morgan fingerprint density at radius 2 is 1.84 bits per heavy atom. The first-order chi connectivity index (χ1) is 18.2. The van der Waals surface area contributed by atoms with E-state index in [2.05, 4.69) is 19.2 Å². The van der Waals surface area contributed by atoms with Gasteiger partial charge in [0.2, 0.25) is 0 Å². The van der Waals surface area contributed by atoms with Crippen molar-refractivity contribution >= 4 is 23.7 Å². The molecule has 8 heteroatoms. The number of methoxy groups -OCH3 is 1. The van der Waals surface area contributed by atoms with Gasteiger partial charge in [0.05, 0.1) is 13.2 Å². The molecule has 1 aromatic carbocycles. The van der Waals surface area contributed by atoms with Gasteiger partial charge in [-0.1, -0.05) is 83.2 Å². The molecule has 0 unspecified atom stereocenters. The van der Waals surface area contributed by atoms with Gasteiger partial charge in [-0.2, -0.15) is 0 Å². The number of nitrogens with two attached hydrogens (primary N) is 1. The third-order valence-corrected chi connectivity index (χ3v) is 7.92. The standard InChI is InChI=1S/C30H46N4O4/c1-21(2)20-30(24-15-9-6-10-16-24)27(36)34(28(31)33-30)17-11-12-22(3)18-26(35)25(32-29(37)38-4)19-23-13-7-5-8-14-23/h6,9-10,15-16,21-23,25H,5,7-8,11-14,17-20H2,1-4H3,(H2,31,33)(H,32,37)/t22-,25-,30+/m0/s1. The molecular formula is C30H46N4O4. The van der Waals surface area contributed by atoms with Crippen LogP contribution in [0.2, 0.25) is 0 Å². The van der Waals surface area contributed by atoms with Gasteiger partial charge in [0.25, 0.3) is 5.91 Å². The number of nitrogens with zero attached hydrogens (tertiary/aromatic N) is 2. The molecule has 0 aromatic heterocycles. The summed E-state index contributed by atoms with van der Waals surface area (Å²) in [4.78, 5) is 45.1. The maximum atomic E-state index is 13.7. The number of hydrogen-bond acceptors (Lipinski definition) is 6. The highest BCUT2D eigenvalue weighted by atomic mass is 16.5. The van der Waals surface area contributed by atoms with Crippen LogP contribution in [-0.4, -0.2) is 48.3 Å². The minimum atomic E-state index is -0.979. The summed E-state index contributed by atoms with van der Waals surface area (Å²) >= 11 is 0. The van der Waals surface area contributed by atoms with Gasteiger partial charge in [0, 0.05) is 13.0 Å². The first-order valence-electron chi connectivity index (χ1n) is 14.3. The van der Waals surface area contributed by atoms with Crippen molar-refractivity contribution in [2.24, 2.45) is 28.5 Å². The average molecular weight is 527 g/mol. The monoisotopic (exact) mass is 526 g/mol. The molecule has 1 aliphatic heterocycles. The second-order valence-corrected chi connectivity index (χ2v) is 11.6. The van der Waals surface area contributed by atoms with Crippen LogP contribution in [0.15, 0.2) is 35.3 Å². The van der Waals surface area contributed by atoms with E-state index in [-0.39, 0.29) is 29.5 Å². The molecule has 3 rings (SSSR count). The largest absolute Gasteiger partial charge is 0.453 e. The predicted molar refractivity (Wildman–Crippen MR) is 149 cm³/mol. The van der Waals surface area contributed by atoms with Crippen molar-refractivity contribution in [1.82, 2.24) is 10.2 Å². The van der Waals surface area contributed by atoms with E-state index in [1.54, 1.807) is 4.90 Å². The minimum Gasteiger partial charge on any atom is -0.453 e. The molecule has 1 aliphatic carbocycles. The molecule has 0 radical (unpaired) electrons. The van der Waals surface area contributed by atoms with Crippen LogP contribution < -0.4 is 11.1 Å². The van der Waals surface area contributed by atoms with Crippen LogP contribution in [0.4, 0.5) is 4.79 Å². The highest BCUT2D eigenvalue weighted by Crippen LogP contribution is 2.39. The lowest BCUT2D eigenvalue weighted by Crippen LogP contribution is -2.44. The van der Waals surface area contributed by atoms with Crippen molar-refractivity contribution in [3.8, 4) is 0 Å². The molecule has 0 saturated heterocycles. The third-order valence-electron chi connectivity index (χ3n) is 7.92. The molecule has 3 atom stereocenters. The Bertz CT molecular complexity index is 974. The lowest BCUT2D eigenvalue weighted by molar-refractivity contribution is -0.132. The number of guanidine groups is 1. The number of hydrogen-bond donors (Lipinski definition) is 2. The van der Waals surface area contributed by atoms with Crippen molar-refractivity contribution in [3.63, 3.8) is 0 Å². The molecule has 0 spiro atoms. The van der Waals surface area contributed by atoms with Crippen LogP contribution in [0.3, 0.4) is 0 Å². The lowest BCUT2D eigenvalue weighted by atomic mass is 9.82. The summed E-state index contributed by atoms with van der Waals surface area (Å²) in [5.41, 5.74) is 6.18. The molecule has 38 heavy (non-hydrogen) atoms. The molecule has 1 aromatic rings. The first-order valence-corrected chi connectivity index (χ1v) is 14.3. The minimum absolute atomic E-state index is 0.0480. The van der Waals surface area contributed by atoms with Crippen LogP contribution in [0.5, 0.6) is 0 Å². The van der Waals surface area contributed by atoms with Crippen LogP contribution >= 0.6 is 0 Å². The molecule has 3 N–H and O–H groups in total. The second-order valence-electron chi connectivity index (χ2n) is 11.6. The third kappa shape index (κ3) is 7.58. The summed E-state index contributed by atoms with van der Waals surface area (Å²) in [6, 6.07) is 9.15. The number of aliphatic imine (C=N–C) groups is 1. The summed E-state index contributed by atoms with van der Waals surface area (Å²) in [6.07, 6.45) is 8.39. The molecular weight excluding hydrogens is 480 g/mol. The number of ether oxygens (including phenoxy) is 1. The Kier molecular flexibility index (Phi) is 10.7. The number of carbonyl (C=O) groups is 3. The number of ketones is 1. The number of amides is 2. The van der Waals surface area contributed by atoms with Gasteiger partial charge in [-0.05, 0) is 49.0 Å². The van der Waals surface area contributed by atoms with Gasteiger partial charge in [-0.3, -0.25) is 14.5 Å². The Balaban J connectivity index is 1.56. The highest BCUT2D eigenvalue weighted by Gasteiger charge is 2.49. The summed E-state index contributed by atoms with van der Waals surface area (Å²) in [7, 11) is 1.32. The predicted octanol–water partition coefficient (Wildman–Crippen LogP) is 5.16. The second kappa shape index (κ2) is 13.8. The van der Waals surface area contributed by atoms with Gasteiger partial charge in [-0.25, -0.2) is 9.79 Å². The fraction of sp³-hybridized carbons (Fsp3) is 0.667. The van der Waals surface area contributed by atoms with E-state index in [1.165, 1.54) is 26.4 Å². The number of nitrogens with one attached hydrogen (secondary N) is 1. The van der Waals surface area contributed by atoms with Crippen LogP contribution in [0.25, 0.3) is 0 Å². The normalized spacial score (nSPS) is 21.8. The van der Waals surface area contributed by atoms with Gasteiger partial charge in [0.15, 0.2) is 17.3 Å². The Hall–Kier alpha value is -2.90. The molecule has 8 nitrogen and oxygen atoms in total. The Labute approximate surface area is 227 Å². The van der Waals surface area contributed by atoms with E-state index in [1.807, 2.05) is 37.3 Å². The van der Waals surface area contributed by atoms with Gasteiger partial charge in [-0.15, -0.1) is 0 Å². The molecule has 1 heterocycles. The maximum absolute atomic E-state index is 13.7. The molecule has 210 valence electrons. The van der Waals surface area contributed by atoms with Crippen molar-refractivity contribution < 1.29 is 19.1 Å². The van der Waals surface area contributed by atoms with Gasteiger partial charge >= 0.3 is 6.09 Å². The number of alkyl carbamates (subject to hydrolysis) is 1. The number of rotatable bonds is 13. The molecule has 2 amide bonds. The fourth-order valence-electron chi connectivity index (χ4n) is 6.00. The zero-order valence-corrected chi connectivity index (χ0v) is 23.6. The van der Waals surface area contributed by atoms with Crippen molar-refractivity contribution in [2.75, 3.05) is 13.7 Å². The van der Waals surface area contributed by atoms with E-state index in [0.717, 1.165) is 24.8 Å². The number of benzene rings is 1. The summed E-state index contributed by atoms with van der Waals surface area (Å²) in [5.74, 6) is 1.07. The van der Waals surface area contributed by atoms with Crippen LogP contribution in [-0.2, 0) is 19.9 Å². The fourth-order valence-corrected chi connectivity index (χ4v) is 6.00. The first kappa shape index (κ1) is 29.7.